The lowest BCUT2D eigenvalue weighted by molar-refractivity contribution is 0.160. The van der Waals surface area contributed by atoms with Crippen molar-refractivity contribution in [2.45, 2.75) is 42.5 Å². The number of nitrogen functional groups attached to an aromatic ring is 1. The molecule has 0 aromatic carbocycles. The number of halogens is 1. The summed E-state index contributed by atoms with van der Waals surface area (Å²) in [7, 11) is -4.09. The van der Waals surface area contributed by atoms with Gasteiger partial charge in [0.15, 0.2) is 4.87 Å². The molecule has 1 aromatic rings. The van der Waals surface area contributed by atoms with E-state index in [9.17, 15) is 18.3 Å². The van der Waals surface area contributed by atoms with Crippen LogP contribution in [0.4, 0.5) is 10.6 Å². The lowest BCUT2D eigenvalue weighted by atomic mass is 10.1. The third-order valence-electron chi connectivity index (χ3n) is 4.17. The first kappa shape index (κ1) is 18.9. The summed E-state index contributed by atoms with van der Waals surface area (Å²) in [5.41, 5.74) is 5.46. The Hall–Kier alpha value is -1.39. The van der Waals surface area contributed by atoms with E-state index in [1.165, 1.54) is 12.3 Å². The van der Waals surface area contributed by atoms with E-state index in [1.54, 1.807) is 0 Å². The molecule has 2 rings (SSSR count). The van der Waals surface area contributed by atoms with Crippen LogP contribution >= 0.6 is 15.9 Å². The van der Waals surface area contributed by atoms with E-state index in [0.717, 1.165) is 0 Å². The molecule has 1 aliphatic heterocycles. The summed E-state index contributed by atoms with van der Waals surface area (Å²) in [6.45, 7) is 6.34. The van der Waals surface area contributed by atoms with Gasteiger partial charge in [0.1, 0.15) is 10.7 Å². The van der Waals surface area contributed by atoms with Gasteiger partial charge in [-0.25, -0.2) is 18.2 Å². The van der Waals surface area contributed by atoms with E-state index in [4.69, 9.17) is 5.73 Å². The van der Waals surface area contributed by atoms with Crippen molar-refractivity contribution < 1.29 is 18.3 Å². The molecule has 0 aliphatic carbocycles. The summed E-state index contributed by atoms with van der Waals surface area (Å²) in [6, 6.07) is 1.35. The number of nitrogens with zero attached hydrogens (tertiary/aromatic N) is 2. The highest BCUT2D eigenvalue weighted by molar-refractivity contribution is 9.10. The Morgan fingerprint density at radius 2 is 2.12 bits per heavy atom. The zero-order valence-electron chi connectivity index (χ0n) is 13.7. The van der Waals surface area contributed by atoms with E-state index in [-0.39, 0.29) is 29.2 Å². The normalized spacial score (nSPS) is 22.5. The predicted octanol–water partition coefficient (Wildman–Crippen LogP) is 1.67. The highest BCUT2D eigenvalue weighted by atomic mass is 79.9. The average molecular weight is 421 g/mol. The molecule has 1 amide bonds. The maximum atomic E-state index is 13.2. The second kappa shape index (κ2) is 6.16. The van der Waals surface area contributed by atoms with E-state index in [0.29, 0.717) is 11.0 Å². The lowest BCUT2D eigenvalue weighted by Crippen LogP contribution is -2.57. The van der Waals surface area contributed by atoms with Gasteiger partial charge in [0.2, 0.25) is 9.84 Å². The van der Waals surface area contributed by atoms with Crippen LogP contribution in [-0.2, 0) is 9.84 Å². The molecule has 0 bridgehead atoms. The Bertz CT molecular complexity index is 763. The number of sulfone groups is 1. The van der Waals surface area contributed by atoms with Crippen molar-refractivity contribution >= 4 is 37.7 Å². The van der Waals surface area contributed by atoms with Gasteiger partial charge in [-0.3, -0.25) is 4.90 Å². The Morgan fingerprint density at radius 3 is 2.62 bits per heavy atom. The van der Waals surface area contributed by atoms with Gasteiger partial charge in [-0.05, 0) is 49.2 Å². The molecular formula is C14H21BrN4O4S. The molecule has 8 nitrogen and oxygen atoms in total. The molecule has 134 valence electrons. The minimum absolute atomic E-state index is 0.0388. The zero-order valence-corrected chi connectivity index (χ0v) is 16.1. The summed E-state index contributed by atoms with van der Waals surface area (Å²) in [5.74, 6) is -0.154. The molecule has 0 spiro atoms. The van der Waals surface area contributed by atoms with Gasteiger partial charge in [0.05, 0.1) is 0 Å². The minimum Gasteiger partial charge on any atom is -0.465 e. The Balaban J connectivity index is 2.56. The van der Waals surface area contributed by atoms with Crippen molar-refractivity contribution in [3.05, 3.63) is 16.7 Å². The SMILES string of the molecule is CC(C)(C)N1CC[C@@](NC(=O)O)(S(=O)(=O)c2cc(Br)cnc2N)C1. The Kier molecular flexibility index (Phi) is 4.86. The van der Waals surface area contributed by atoms with Crippen molar-refractivity contribution in [2.24, 2.45) is 0 Å². The number of hydrogen-bond acceptors (Lipinski definition) is 6. The first-order valence-electron chi connectivity index (χ1n) is 7.31. The highest BCUT2D eigenvalue weighted by Gasteiger charge is 2.53. The molecule has 1 saturated heterocycles. The van der Waals surface area contributed by atoms with Gasteiger partial charge >= 0.3 is 6.09 Å². The molecule has 1 atom stereocenters. The molecule has 1 aliphatic rings. The number of nitrogens with one attached hydrogen (secondary N) is 1. The standard InChI is InChI=1S/C14H21BrN4O4S/c1-13(2,3)19-5-4-14(8-19,18-12(20)21)24(22,23)10-6-9(15)7-17-11(10)16/h6-7,18H,4-5,8H2,1-3H3,(H2,16,17)(H,20,21)/t14-/m1/s1. The van der Waals surface area contributed by atoms with Crippen LogP contribution in [0, 0.1) is 0 Å². The molecule has 24 heavy (non-hydrogen) atoms. The highest BCUT2D eigenvalue weighted by Crippen LogP contribution is 2.37. The summed E-state index contributed by atoms with van der Waals surface area (Å²) < 4.78 is 26.9. The number of aromatic nitrogens is 1. The zero-order chi connectivity index (χ0) is 18.3. The topological polar surface area (TPSA) is 126 Å². The van der Waals surface area contributed by atoms with E-state index in [1.807, 2.05) is 25.7 Å². The van der Waals surface area contributed by atoms with Crippen molar-refractivity contribution in [3.63, 3.8) is 0 Å². The second-order valence-electron chi connectivity index (χ2n) is 6.81. The maximum Gasteiger partial charge on any atom is 0.405 e. The smallest absolute Gasteiger partial charge is 0.405 e. The third kappa shape index (κ3) is 3.35. The summed E-state index contributed by atoms with van der Waals surface area (Å²) >= 11 is 3.18. The number of hydrogen-bond donors (Lipinski definition) is 3. The van der Waals surface area contributed by atoms with Crippen LogP contribution in [0.3, 0.4) is 0 Å². The number of amides is 1. The second-order valence-corrected chi connectivity index (χ2v) is 9.95. The van der Waals surface area contributed by atoms with Crippen LogP contribution in [-0.4, -0.2) is 53.0 Å². The number of rotatable bonds is 3. The van der Waals surface area contributed by atoms with Crippen molar-refractivity contribution in [3.8, 4) is 0 Å². The molecule has 10 heteroatoms. The number of anilines is 1. The van der Waals surface area contributed by atoms with Gasteiger partial charge in [0, 0.05) is 29.3 Å². The van der Waals surface area contributed by atoms with E-state index in [2.05, 4.69) is 26.2 Å². The van der Waals surface area contributed by atoms with Crippen LogP contribution in [0.25, 0.3) is 0 Å². The molecule has 0 radical (unpaired) electrons. The molecule has 0 unspecified atom stereocenters. The van der Waals surface area contributed by atoms with Gasteiger partial charge < -0.3 is 16.2 Å². The number of pyridine rings is 1. The fourth-order valence-corrected chi connectivity index (χ4v) is 5.22. The van der Waals surface area contributed by atoms with Crippen molar-refractivity contribution in [2.75, 3.05) is 18.8 Å². The fourth-order valence-electron chi connectivity index (χ4n) is 2.79. The average Bonchev–Trinajstić information content (AvgIpc) is 2.86. The number of carboxylic acid groups (broad SMARTS) is 1. The third-order valence-corrected chi connectivity index (χ3v) is 6.97. The maximum absolute atomic E-state index is 13.2. The fraction of sp³-hybridized carbons (Fsp3) is 0.571. The predicted molar refractivity (Wildman–Crippen MR) is 93.4 cm³/mol. The van der Waals surface area contributed by atoms with E-state index < -0.39 is 20.8 Å². The van der Waals surface area contributed by atoms with Crippen LogP contribution in [0.2, 0.25) is 0 Å². The Morgan fingerprint density at radius 1 is 1.50 bits per heavy atom. The summed E-state index contributed by atoms with van der Waals surface area (Å²) in [4.78, 5) is 15.2. The molecular weight excluding hydrogens is 400 g/mol. The van der Waals surface area contributed by atoms with Crippen LogP contribution in [0.15, 0.2) is 21.6 Å². The monoisotopic (exact) mass is 420 g/mol. The summed E-state index contributed by atoms with van der Waals surface area (Å²) in [6.07, 6.45) is 0.128. The number of carbonyl (C=O) groups is 1. The minimum atomic E-state index is -4.09. The van der Waals surface area contributed by atoms with Crippen molar-refractivity contribution in [1.29, 1.82) is 0 Å². The lowest BCUT2D eigenvalue weighted by Gasteiger charge is -2.34. The first-order valence-corrected chi connectivity index (χ1v) is 9.58. The largest absolute Gasteiger partial charge is 0.465 e. The first-order chi connectivity index (χ1) is 10.9. The number of likely N-dealkylation sites (tertiary alicyclic amines) is 1. The Labute approximate surface area is 149 Å². The van der Waals surface area contributed by atoms with Gasteiger partial charge in [0.25, 0.3) is 0 Å². The molecule has 1 fully saturated rings. The van der Waals surface area contributed by atoms with Crippen LogP contribution in [0.5, 0.6) is 0 Å². The summed E-state index contributed by atoms with van der Waals surface area (Å²) in [5, 5.41) is 11.4. The van der Waals surface area contributed by atoms with Crippen LogP contribution in [0.1, 0.15) is 27.2 Å². The molecule has 4 N–H and O–H groups in total. The van der Waals surface area contributed by atoms with Gasteiger partial charge in [-0.1, -0.05) is 0 Å². The van der Waals surface area contributed by atoms with Gasteiger partial charge in [-0.15, -0.1) is 0 Å². The van der Waals surface area contributed by atoms with E-state index >= 15 is 0 Å². The number of nitrogens with two attached hydrogens (primary N) is 1. The van der Waals surface area contributed by atoms with Gasteiger partial charge in [-0.2, -0.15) is 0 Å². The van der Waals surface area contributed by atoms with Crippen LogP contribution < -0.4 is 11.1 Å². The quantitative estimate of drug-likeness (QED) is 0.678. The molecule has 0 saturated carbocycles. The molecule has 1 aromatic heterocycles. The van der Waals surface area contributed by atoms with Crippen molar-refractivity contribution in [1.82, 2.24) is 15.2 Å². The molecule has 2 heterocycles.